The molecule has 10 atom stereocenters. The minimum atomic E-state index is -0.570. The zero-order valence-electron chi connectivity index (χ0n) is 29.5. The van der Waals surface area contributed by atoms with Crippen LogP contribution >= 0.6 is 0 Å². The van der Waals surface area contributed by atoms with Crippen molar-refractivity contribution in [3.05, 3.63) is 70.8 Å². The average molecular weight is 673 g/mol. The van der Waals surface area contributed by atoms with Gasteiger partial charge in [0, 0.05) is 30.5 Å². The molecule has 4 fully saturated rings. The molecule has 4 aliphatic carbocycles. The summed E-state index contributed by atoms with van der Waals surface area (Å²) in [4.78, 5) is 37.2. The summed E-state index contributed by atoms with van der Waals surface area (Å²) < 4.78 is 0. The predicted molar refractivity (Wildman–Crippen MR) is 188 cm³/mol. The van der Waals surface area contributed by atoms with E-state index in [4.69, 9.17) is 5.21 Å². The van der Waals surface area contributed by atoms with Crippen molar-refractivity contribution in [1.29, 1.82) is 0 Å². The van der Waals surface area contributed by atoms with Gasteiger partial charge < -0.3 is 15.5 Å². The van der Waals surface area contributed by atoms with Crippen LogP contribution in [-0.2, 0) is 17.8 Å². The molecule has 5 N–H and O–H groups in total. The Balaban J connectivity index is 0.954. The molecular formula is C41H56N2O6. The highest BCUT2D eigenvalue weighted by molar-refractivity contribution is 5.96. The van der Waals surface area contributed by atoms with Crippen LogP contribution in [-0.4, -0.2) is 45.2 Å². The topological polar surface area (TPSA) is 136 Å². The van der Waals surface area contributed by atoms with E-state index in [0.29, 0.717) is 72.4 Å². The molecule has 2 aromatic carbocycles. The Labute approximate surface area is 291 Å². The highest BCUT2D eigenvalue weighted by Crippen LogP contribution is 2.68. The molecule has 0 unspecified atom stereocenters. The lowest BCUT2D eigenvalue weighted by atomic mass is 9.43. The summed E-state index contributed by atoms with van der Waals surface area (Å²) in [7, 11) is 0. The van der Waals surface area contributed by atoms with Crippen LogP contribution in [0.2, 0.25) is 0 Å². The molecule has 0 saturated heterocycles. The van der Waals surface area contributed by atoms with Crippen LogP contribution in [0.15, 0.2) is 48.5 Å². The zero-order valence-corrected chi connectivity index (χ0v) is 29.5. The Morgan fingerprint density at radius 1 is 0.816 bits per heavy atom. The van der Waals surface area contributed by atoms with E-state index < -0.39 is 5.91 Å². The van der Waals surface area contributed by atoms with Crippen LogP contribution in [0.5, 0.6) is 0 Å². The number of carbonyl (C=O) groups excluding carboxylic acids is 3. The lowest BCUT2D eigenvalue weighted by molar-refractivity contribution is -0.174. The van der Waals surface area contributed by atoms with Gasteiger partial charge in [-0.05, 0) is 134 Å². The summed E-state index contributed by atoms with van der Waals surface area (Å²) in [6.45, 7) is 7.71. The fourth-order valence-corrected chi connectivity index (χ4v) is 11.1. The van der Waals surface area contributed by atoms with E-state index in [1.807, 2.05) is 24.3 Å². The van der Waals surface area contributed by atoms with Gasteiger partial charge >= 0.3 is 0 Å². The Morgan fingerprint density at radius 2 is 1.47 bits per heavy atom. The van der Waals surface area contributed by atoms with Crippen LogP contribution in [0.1, 0.15) is 123 Å². The maximum absolute atomic E-state index is 12.9. The van der Waals surface area contributed by atoms with Crippen molar-refractivity contribution in [3.8, 4) is 0 Å². The van der Waals surface area contributed by atoms with Crippen LogP contribution in [0.4, 0.5) is 0 Å². The van der Waals surface area contributed by atoms with Crippen molar-refractivity contribution >= 4 is 17.6 Å². The van der Waals surface area contributed by atoms with Gasteiger partial charge in [-0.1, -0.05) is 57.2 Å². The van der Waals surface area contributed by atoms with Crippen molar-refractivity contribution in [2.75, 3.05) is 0 Å². The van der Waals surface area contributed by atoms with Gasteiger partial charge in [0.1, 0.15) is 0 Å². The Bertz CT molecular complexity index is 1490. The molecule has 8 heteroatoms. The van der Waals surface area contributed by atoms with Crippen LogP contribution in [0.25, 0.3) is 0 Å². The molecule has 0 aromatic heterocycles. The molecule has 2 amide bonds. The summed E-state index contributed by atoms with van der Waals surface area (Å²) in [5.41, 5.74) is 4.92. The van der Waals surface area contributed by atoms with Gasteiger partial charge in [0.15, 0.2) is 5.78 Å². The van der Waals surface area contributed by atoms with Crippen LogP contribution in [0, 0.1) is 46.3 Å². The van der Waals surface area contributed by atoms with E-state index in [1.165, 1.54) is 25.7 Å². The number of Topliss-reactive ketones (excluding diaryl/α,β-unsaturated/α-hetero) is 1. The van der Waals surface area contributed by atoms with Crippen molar-refractivity contribution in [1.82, 2.24) is 10.8 Å². The van der Waals surface area contributed by atoms with E-state index >= 15 is 0 Å². The summed E-state index contributed by atoms with van der Waals surface area (Å²) in [6, 6.07) is 14.2. The zero-order chi connectivity index (χ0) is 34.9. The van der Waals surface area contributed by atoms with Crippen molar-refractivity contribution in [2.45, 2.75) is 117 Å². The predicted octanol–water partition coefficient (Wildman–Crippen LogP) is 6.64. The second-order valence-electron chi connectivity index (χ2n) is 16.5. The van der Waals surface area contributed by atoms with E-state index in [0.717, 1.165) is 43.2 Å². The summed E-state index contributed by atoms with van der Waals surface area (Å²) in [5, 5.41) is 33.7. The third kappa shape index (κ3) is 7.24. The van der Waals surface area contributed by atoms with Crippen LogP contribution < -0.4 is 10.8 Å². The number of fused-ring (bicyclic) bond motifs is 5. The van der Waals surface area contributed by atoms with Gasteiger partial charge in [0.25, 0.3) is 5.91 Å². The molecule has 8 nitrogen and oxygen atoms in total. The molecule has 0 bridgehead atoms. The molecular weight excluding hydrogens is 616 g/mol. The van der Waals surface area contributed by atoms with E-state index in [9.17, 15) is 24.6 Å². The largest absolute Gasteiger partial charge is 0.393 e. The van der Waals surface area contributed by atoms with Crippen LogP contribution in [0.3, 0.4) is 0 Å². The summed E-state index contributed by atoms with van der Waals surface area (Å²) in [5.74, 6) is 2.39. The third-order valence-electron chi connectivity index (χ3n) is 14.0. The number of aryl methyl sites for hydroxylation is 1. The second-order valence-corrected chi connectivity index (χ2v) is 16.5. The maximum Gasteiger partial charge on any atom is 0.274 e. The maximum atomic E-state index is 12.9. The van der Waals surface area contributed by atoms with Gasteiger partial charge in [-0.3, -0.25) is 19.6 Å². The quantitative estimate of drug-likeness (QED) is 0.103. The smallest absolute Gasteiger partial charge is 0.274 e. The van der Waals surface area contributed by atoms with Gasteiger partial charge in [-0.15, -0.1) is 0 Å². The Kier molecular flexibility index (Phi) is 10.7. The molecule has 0 radical (unpaired) electrons. The standard InChI is InChI=1S/C41H56N2O6/c1-25(32-14-15-33-38-34(19-21-41(32,33)3)40(2)20-18-31(44)22-30(40)23-36(38)46)4-17-37(47)42-24-27-7-10-28(11-8-27)35(45)16-9-26-5-12-29(13-6-26)39(48)43-49/h5-8,10-13,25,30-34,36,38,44,46,49H,4,9,14-24H2,1-3H3,(H,42,47)(H,43,48)/t25-,30+,31-,32-,33+,34+,36+,38+,40+,41-/m1/s1. The number of hydrogen-bond donors (Lipinski definition) is 5. The minimum Gasteiger partial charge on any atom is -0.393 e. The van der Waals surface area contributed by atoms with Gasteiger partial charge in [0.05, 0.1) is 12.2 Å². The molecule has 4 aliphatic rings. The number of hydroxylamine groups is 1. The summed E-state index contributed by atoms with van der Waals surface area (Å²) in [6.07, 6.45) is 10.2. The monoisotopic (exact) mass is 672 g/mol. The number of carbonyl (C=O) groups is 3. The third-order valence-corrected chi connectivity index (χ3v) is 14.0. The van der Waals surface area contributed by atoms with E-state index in [1.54, 1.807) is 29.7 Å². The number of aliphatic hydroxyl groups excluding tert-OH is 2. The SMILES string of the molecule is C[C@H](CCC(=O)NCc1ccc(C(=O)CCc2ccc(C(=O)NO)cc2)cc1)[C@H]1CC[C@H]2[C@@H]3[C@@H](O)C[C@@H]4C[C@H](O)CC[C@]4(C)[C@H]3CC[C@]12C. The van der Waals surface area contributed by atoms with Crippen molar-refractivity contribution in [2.24, 2.45) is 46.3 Å². The molecule has 0 heterocycles. The molecule has 6 rings (SSSR count). The summed E-state index contributed by atoms with van der Waals surface area (Å²) >= 11 is 0. The lowest BCUT2D eigenvalue weighted by Crippen LogP contribution is -2.58. The molecule has 49 heavy (non-hydrogen) atoms. The fourth-order valence-electron chi connectivity index (χ4n) is 11.1. The second kappa shape index (κ2) is 14.7. The lowest BCUT2D eigenvalue weighted by Gasteiger charge is -2.62. The molecule has 2 aromatic rings. The first-order valence-corrected chi connectivity index (χ1v) is 18.7. The number of nitrogens with one attached hydrogen (secondary N) is 2. The molecule has 0 aliphatic heterocycles. The van der Waals surface area contributed by atoms with Gasteiger partial charge in [0.2, 0.25) is 5.91 Å². The normalized spacial score (nSPS) is 34.2. The highest BCUT2D eigenvalue weighted by Gasteiger charge is 2.62. The van der Waals surface area contributed by atoms with Gasteiger partial charge in [-0.2, -0.15) is 0 Å². The number of rotatable bonds is 11. The first-order chi connectivity index (χ1) is 23.4. The number of ketones is 1. The Hall–Kier alpha value is -3.07. The van der Waals surface area contributed by atoms with E-state index in [-0.39, 0.29) is 34.7 Å². The van der Waals surface area contributed by atoms with Crippen molar-refractivity contribution in [3.63, 3.8) is 0 Å². The highest BCUT2D eigenvalue weighted by atomic mass is 16.5. The molecule has 0 spiro atoms. The van der Waals surface area contributed by atoms with Gasteiger partial charge in [-0.25, -0.2) is 5.48 Å². The Morgan fingerprint density at radius 3 is 2.18 bits per heavy atom. The number of amides is 2. The first kappa shape index (κ1) is 35.7. The van der Waals surface area contributed by atoms with Crippen molar-refractivity contribution < 1.29 is 29.8 Å². The average Bonchev–Trinajstić information content (AvgIpc) is 3.46. The molecule has 4 saturated carbocycles. The number of aliphatic hydroxyl groups is 2. The molecule has 266 valence electrons. The van der Waals surface area contributed by atoms with E-state index in [2.05, 4.69) is 26.1 Å². The fraction of sp³-hybridized carbons (Fsp3) is 0.634. The number of hydrogen-bond acceptors (Lipinski definition) is 6. The first-order valence-electron chi connectivity index (χ1n) is 18.7. The minimum absolute atomic E-state index is 0.0308. The number of benzene rings is 2.